The van der Waals surface area contributed by atoms with Gasteiger partial charge in [0, 0.05) is 5.56 Å². The molecule has 1 aromatic carbocycles. The van der Waals surface area contributed by atoms with Crippen molar-refractivity contribution in [1.29, 1.82) is 0 Å². The predicted molar refractivity (Wildman–Crippen MR) is 80.0 cm³/mol. The summed E-state index contributed by atoms with van der Waals surface area (Å²) >= 11 is 0. The highest BCUT2D eigenvalue weighted by Gasteiger charge is 2.28. The van der Waals surface area contributed by atoms with Crippen LogP contribution in [0.3, 0.4) is 0 Å². The fourth-order valence-electron chi connectivity index (χ4n) is 2.96. The average Bonchev–Trinajstić information content (AvgIpc) is 2.47. The van der Waals surface area contributed by atoms with Gasteiger partial charge in [0.15, 0.2) is 0 Å². The molecule has 1 amide bonds. The molecule has 1 fully saturated rings. The van der Waals surface area contributed by atoms with Gasteiger partial charge in [0.1, 0.15) is 6.54 Å². The molecule has 0 radical (unpaired) electrons. The number of rotatable bonds is 4. The van der Waals surface area contributed by atoms with E-state index in [4.69, 9.17) is 5.84 Å². The molecule has 0 saturated carbocycles. The van der Waals surface area contributed by atoms with Crippen LogP contribution in [-0.2, 0) is 11.3 Å². The molecule has 1 heterocycles. The summed E-state index contributed by atoms with van der Waals surface area (Å²) < 4.78 is 0. The van der Waals surface area contributed by atoms with Gasteiger partial charge in [-0.1, -0.05) is 38.1 Å². The second-order valence-corrected chi connectivity index (χ2v) is 6.12. The van der Waals surface area contributed by atoms with Crippen molar-refractivity contribution in [2.75, 3.05) is 13.1 Å². The van der Waals surface area contributed by atoms with Gasteiger partial charge in [-0.3, -0.25) is 10.2 Å². The number of hydrogen-bond donors (Lipinski definition) is 3. The maximum Gasteiger partial charge on any atom is 0.242 e. The molecular weight excluding hydrogens is 250 g/mol. The molecule has 4 N–H and O–H groups in total. The summed E-state index contributed by atoms with van der Waals surface area (Å²) in [4.78, 5) is 13.1. The van der Waals surface area contributed by atoms with Crippen LogP contribution in [0.4, 0.5) is 0 Å². The number of piperidine rings is 1. The summed E-state index contributed by atoms with van der Waals surface area (Å²) in [6.45, 7) is 7.43. The SMILES string of the molecule is CC(C)c1ccc(C[NH+]2CCC[C@H](C(=O)NN)C2)cc1. The molecule has 0 spiro atoms. The largest absolute Gasteiger partial charge is 0.331 e. The lowest BCUT2D eigenvalue weighted by Gasteiger charge is -2.28. The average molecular weight is 276 g/mol. The normalized spacial score (nSPS) is 22.8. The molecular formula is C16H26N3O+. The number of amides is 1. The predicted octanol–water partition coefficient (Wildman–Crippen LogP) is 0.595. The molecule has 1 aromatic rings. The van der Waals surface area contributed by atoms with Gasteiger partial charge in [0.25, 0.3) is 0 Å². The van der Waals surface area contributed by atoms with Gasteiger partial charge < -0.3 is 4.90 Å². The van der Waals surface area contributed by atoms with Gasteiger partial charge in [-0.2, -0.15) is 0 Å². The zero-order valence-electron chi connectivity index (χ0n) is 12.5. The standard InChI is InChI=1S/C16H25N3O/c1-12(2)14-7-5-13(6-8-14)10-19-9-3-4-15(11-19)16(20)18-17/h5-8,12,15H,3-4,9-11,17H2,1-2H3,(H,18,20)/p+1/t15-/m0/s1. The van der Waals surface area contributed by atoms with Crippen LogP contribution in [0.15, 0.2) is 24.3 Å². The van der Waals surface area contributed by atoms with E-state index >= 15 is 0 Å². The maximum absolute atomic E-state index is 11.6. The number of carbonyl (C=O) groups is 1. The molecule has 0 aromatic heterocycles. The molecule has 2 rings (SSSR count). The molecule has 0 aliphatic carbocycles. The first-order valence-corrected chi connectivity index (χ1v) is 7.53. The third kappa shape index (κ3) is 3.81. The van der Waals surface area contributed by atoms with Crippen molar-refractivity contribution in [2.24, 2.45) is 11.8 Å². The summed E-state index contributed by atoms with van der Waals surface area (Å²) in [6.07, 6.45) is 2.05. The molecule has 1 unspecified atom stereocenters. The summed E-state index contributed by atoms with van der Waals surface area (Å²) in [5.41, 5.74) is 5.01. The lowest BCUT2D eigenvalue weighted by molar-refractivity contribution is -0.921. The Morgan fingerprint density at radius 1 is 1.40 bits per heavy atom. The van der Waals surface area contributed by atoms with Gasteiger partial charge in [-0.25, -0.2) is 5.84 Å². The fraction of sp³-hybridized carbons (Fsp3) is 0.562. The number of hydrogen-bond acceptors (Lipinski definition) is 2. The fourth-order valence-corrected chi connectivity index (χ4v) is 2.96. The van der Waals surface area contributed by atoms with Crippen molar-refractivity contribution >= 4 is 5.91 Å². The number of nitrogens with one attached hydrogen (secondary N) is 2. The van der Waals surface area contributed by atoms with E-state index in [0.29, 0.717) is 5.92 Å². The van der Waals surface area contributed by atoms with Crippen LogP contribution < -0.4 is 16.2 Å². The van der Waals surface area contributed by atoms with Crippen molar-refractivity contribution in [3.63, 3.8) is 0 Å². The topological polar surface area (TPSA) is 59.6 Å². The van der Waals surface area contributed by atoms with Crippen LogP contribution in [0.1, 0.15) is 43.7 Å². The van der Waals surface area contributed by atoms with Crippen molar-refractivity contribution in [3.8, 4) is 0 Å². The molecule has 4 nitrogen and oxygen atoms in total. The highest BCUT2D eigenvalue weighted by atomic mass is 16.2. The lowest BCUT2D eigenvalue weighted by atomic mass is 9.96. The number of quaternary nitrogens is 1. The highest BCUT2D eigenvalue weighted by molar-refractivity contribution is 5.78. The zero-order valence-corrected chi connectivity index (χ0v) is 12.5. The Labute approximate surface area is 121 Å². The number of nitrogens with two attached hydrogens (primary N) is 1. The van der Waals surface area contributed by atoms with Crippen molar-refractivity contribution in [1.82, 2.24) is 5.43 Å². The smallest absolute Gasteiger partial charge is 0.242 e. The molecule has 0 bridgehead atoms. The third-order valence-electron chi connectivity index (χ3n) is 4.23. The number of benzene rings is 1. The molecule has 110 valence electrons. The van der Waals surface area contributed by atoms with Gasteiger partial charge in [-0.15, -0.1) is 0 Å². The van der Waals surface area contributed by atoms with Crippen LogP contribution >= 0.6 is 0 Å². The Morgan fingerprint density at radius 2 is 2.10 bits per heavy atom. The van der Waals surface area contributed by atoms with Gasteiger partial charge >= 0.3 is 0 Å². The quantitative estimate of drug-likeness (QED) is 0.428. The second-order valence-electron chi connectivity index (χ2n) is 6.12. The van der Waals surface area contributed by atoms with Crippen LogP contribution in [0.5, 0.6) is 0 Å². The highest BCUT2D eigenvalue weighted by Crippen LogP contribution is 2.14. The van der Waals surface area contributed by atoms with E-state index in [9.17, 15) is 4.79 Å². The van der Waals surface area contributed by atoms with Crippen LogP contribution in [0, 0.1) is 5.92 Å². The summed E-state index contributed by atoms with van der Waals surface area (Å²) in [5, 5.41) is 0. The first kappa shape index (κ1) is 15.0. The Balaban J connectivity index is 1.94. The number of hydrazine groups is 1. The van der Waals surface area contributed by atoms with Crippen LogP contribution in [0.2, 0.25) is 0 Å². The maximum atomic E-state index is 11.6. The molecule has 4 heteroatoms. The summed E-state index contributed by atoms with van der Waals surface area (Å²) in [6, 6.07) is 8.87. The Kier molecular flexibility index (Phi) is 5.15. The van der Waals surface area contributed by atoms with Gasteiger partial charge in [0.05, 0.1) is 19.0 Å². The molecule has 1 aliphatic heterocycles. The number of likely N-dealkylation sites (tertiary alicyclic amines) is 1. The molecule has 20 heavy (non-hydrogen) atoms. The molecule has 1 saturated heterocycles. The van der Waals surface area contributed by atoms with E-state index < -0.39 is 0 Å². The van der Waals surface area contributed by atoms with E-state index in [0.717, 1.165) is 32.5 Å². The minimum atomic E-state index is -0.0163. The van der Waals surface area contributed by atoms with Gasteiger partial charge in [-0.05, 0) is 24.3 Å². The van der Waals surface area contributed by atoms with Crippen LogP contribution in [-0.4, -0.2) is 19.0 Å². The van der Waals surface area contributed by atoms with E-state index in [-0.39, 0.29) is 11.8 Å². The Morgan fingerprint density at radius 3 is 2.70 bits per heavy atom. The minimum absolute atomic E-state index is 0.0163. The first-order chi connectivity index (χ1) is 9.60. The minimum Gasteiger partial charge on any atom is -0.331 e. The van der Waals surface area contributed by atoms with E-state index in [1.54, 1.807) is 0 Å². The Bertz CT molecular complexity index is 442. The molecule has 1 aliphatic rings. The zero-order chi connectivity index (χ0) is 14.5. The van der Waals surface area contributed by atoms with Crippen molar-refractivity contribution < 1.29 is 9.69 Å². The summed E-state index contributed by atoms with van der Waals surface area (Å²) in [5.74, 6) is 5.86. The molecule has 2 atom stereocenters. The van der Waals surface area contributed by atoms with E-state index in [2.05, 4.69) is 43.5 Å². The Hall–Kier alpha value is -1.39. The monoisotopic (exact) mass is 276 g/mol. The number of carbonyl (C=O) groups excluding carboxylic acids is 1. The first-order valence-electron chi connectivity index (χ1n) is 7.53. The van der Waals surface area contributed by atoms with Crippen molar-refractivity contribution in [3.05, 3.63) is 35.4 Å². The van der Waals surface area contributed by atoms with Gasteiger partial charge in [0.2, 0.25) is 5.91 Å². The van der Waals surface area contributed by atoms with Crippen molar-refractivity contribution in [2.45, 2.75) is 39.2 Å². The van der Waals surface area contributed by atoms with Crippen LogP contribution in [0.25, 0.3) is 0 Å². The summed E-state index contributed by atoms with van der Waals surface area (Å²) in [7, 11) is 0. The second kappa shape index (κ2) is 6.86. The van der Waals surface area contributed by atoms with E-state index in [1.165, 1.54) is 16.0 Å². The third-order valence-corrected chi connectivity index (χ3v) is 4.23. The van der Waals surface area contributed by atoms with E-state index in [1.807, 2.05) is 0 Å². The lowest BCUT2D eigenvalue weighted by Crippen LogP contribution is -3.12.